The van der Waals surface area contributed by atoms with E-state index < -0.39 is 0 Å². The van der Waals surface area contributed by atoms with Crippen molar-refractivity contribution < 1.29 is 9.53 Å². The summed E-state index contributed by atoms with van der Waals surface area (Å²) in [5, 5.41) is 4.76. The van der Waals surface area contributed by atoms with Crippen molar-refractivity contribution in [3.05, 3.63) is 10.6 Å². The highest BCUT2D eigenvalue weighted by atomic mass is 32.1. The minimum atomic E-state index is 0.360. The maximum atomic E-state index is 13.0. The molecule has 6 nitrogen and oxygen atoms in total. The average Bonchev–Trinajstić information content (AvgIpc) is 3.24. The van der Waals surface area contributed by atoms with Crippen LogP contribution in [0.3, 0.4) is 0 Å². The van der Waals surface area contributed by atoms with Crippen LogP contribution in [0, 0.1) is 11.3 Å². The molecule has 5 heterocycles. The molecule has 3 saturated heterocycles. The minimum absolute atomic E-state index is 0.360. The van der Waals surface area contributed by atoms with Gasteiger partial charge in [-0.2, -0.15) is 0 Å². The summed E-state index contributed by atoms with van der Waals surface area (Å²) in [6.45, 7) is 5.68. The van der Waals surface area contributed by atoms with Gasteiger partial charge in [-0.25, -0.2) is 4.98 Å². The second-order valence-electron chi connectivity index (χ2n) is 10.0. The van der Waals surface area contributed by atoms with Crippen LogP contribution in [0.2, 0.25) is 0 Å². The molecule has 5 aliphatic rings. The van der Waals surface area contributed by atoms with Crippen LogP contribution in [0.1, 0.15) is 55.5 Å². The van der Waals surface area contributed by atoms with E-state index in [-0.39, 0.29) is 0 Å². The van der Waals surface area contributed by atoms with Crippen LogP contribution in [0.5, 0.6) is 0 Å². The van der Waals surface area contributed by atoms with E-state index in [4.69, 9.17) is 9.72 Å². The number of piperazine rings is 1. The Hall–Kier alpha value is -1.18. The topological polar surface area (TPSA) is 57.7 Å². The molecule has 4 fully saturated rings. The molecule has 2 bridgehead atoms. The second-order valence-corrected chi connectivity index (χ2v) is 11.1. The molecule has 1 aliphatic carbocycles. The fourth-order valence-corrected chi connectivity index (χ4v) is 7.41. The standard InChI is InChI=1S/C22H32N4O2S/c27-20(9-15-3-6-22(7-4-15)13-28-14-22)25-8-5-18-19(12-25)29-21(24-18)26-16-1-2-17(26)11-23-10-16/h15-17,23H,1-14H2. The monoisotopic (exact) mass is 416 g/mol. The maximum Gasteiger partial charge on any atom is 0.223 e. The molecule has 1 aromatic heterocycles. The largest absolute Gasteiger partial charge is 0.380 e. The van der Waals surface area contributed by atoms with Crippen LogP contribution >= 0.6 is 11.3 Å². The lowest BCUT2D eigenvalue weighted by Crippen LogP contribution is -2.51. The number of ether oxygens (including phenoxy) is 1. The van der Waals surface area contributed by atoms with Gasteiger partial charge in [0.25, 0.3) is 0 Å². The summed E-state index contributed by atoms with van der Waals surface area (Å²) in [4.78, 5) is 24.0. The molecule has 2 atom stereocenters. The zero-order valence-electron chi connectivity index (χ0n) is 17.2. The Bertz CT molecular complexity index is 766. The lowest BCUT2D eigenvalue weighted by Gasteiger charge is -2.46. The van der Waals surface area contributed by atoms with E-state index in [1.807, 2.05) is 11.3 Å². The molecule has 29 heavy (non-hydrogen) atoms. The number of hydrogen-bond acceptors (Lipinski definition) is 6. The predicted octanol–water partition coefficient (Wildman–Crippen LogP) is 2.57. The lowest BCUT2D eigenvalue weighted by molar-refractivity contribution is -0.142. The van der Waals surface area contributed by atoms with E-state index in [2.05, 4.69) is 15.1 Å². The van der Waals surface area contributed by atoms with Gasteiger partial charge in [0.05, 0.1) is 25.5 Å². The van der Waals surface area contributed by atoms with E-state index in [0.717, 1.165) is 52.2 Å². The van der Waals surface area contributed by atoms with Crippen molar-refractivity contribution in [1.82, 2.24) is 15.2 Å². The van der Waals surface area contributed by atoms with Crippen molar-refractivity contribution in [2.75, 3.05) is 37.7 Å². The number of rotatable bonds is 3. The molecule has 1 spiro atoms. The van der Waals surface area contributed by atoms with Gasteiger partial charge in [0.2, 0.25) is 5.91 Å². The number of carbonyl (C=O) groups excluding carboxylic acids is 1. The van der Waals surface area contributed by atoms with Crippen molar-refractivity contribution in [1.29, 1.82) is 0 Å². The third kappa shape index (κ3) is 3.29. The summed E-state index contributed by atoms with van der Waals surface area (Å²) in [7, 11) is 0. The number of nitrogens with zero attached hydrogens (tertiary/aromatic N) is 3. The third-order valence-corrected chi connectivity index (χ3v) is 9.21. The molecule has 4 aliphatic heterocycles. The van der Waals surface area contributed by atoms with Gasteiger partial charge in [-0.3, -0.25) is 4.79 Å². The van der Waals surface area contributed by atoms with Crippen molar-refractivity contribution in [3.8, 4) is 0 Å². The molecule has 7 heteroatoms. The minimum Gasteiger partial charge on any atom is -0.380 e. The number of amides is 1. The van der Waals surface area contributed by atoms with Crippen LogP contribution in [-0.4, -0.2) is 60.7 Å². The zero-order valence-corrected chi connectivity index (χ0v) is 18.0. The van der Waals surface area contributed by atoms with Gasteiger partial charge in [-0.15, -0.1) is 0 Å². The molecule has 1 amide bonds. The molecular formula is C22H32N4O2S. The quantitative estimate of drug-likeness (QED) is 0.821. The van der Waals surface area contributed by atoms with E-state index in [1.54, 1.807) is 0 Å². The number of fused-ring (bicyclic) bond motifs is 3. The van der Waals surface area contributed by atoms with Gasteiger partial charge in [-0.05, 0) is 44.4 Å². The zero-order chi connectivity index (χ0) is 19.4. The lowest BCUT2D eigenvalue weighted by atomic mass is 9.68. The predicted molar refractivity (Wildman–Crippen MR) is 113 cm³/mol. The SMILES string of the molecule is O=C(CC1CCC2(CC1)COC2)N1CCc2nc(N3C4CCC3CNC4)sc2C1. The van der Waals surface area contributed by atoms with Crippen LogP contribution in [-0.2, 0) is 22.5 Å². The Labute approximate surface area is 177 Å². The summed E-state index contributed by atoms with van der Waals surface area (Å²) in [5.74, 6) is 0.933. The van der Waals surface area contributed by atoms with E-state index in [0.29, 0.717) is 29.3 Å². The first-order valence-electron chi connectivity index (χ1n) is 11.5. The number of hydrogen-bond donors (Lipinski definition) is 1. The first kappa shape index (κ1) is 18.6. The van der Waals surface area contributed by atoms with E-state index in [9.17, 15) is 4.79 Å². The molecule has 158 valence electrons. The Morgan fingerprint density at radius 2 is 1.93 bits per heavy atom. The molecule has 1 saturated carbocycles. The summed E-state index contributed by atoms with van der Waals surface area (Å²) >= 11 is 1.85. The molecule has 6 rings (SSSR count). The fraction of sp³-hybridized carbons (Fsp3) is 0.818. The van der Waals surface area contributed by atoms with Crippen LogP contribution in [0.15, 0.2) is 0 Å². The van der Waals surface area contributed by atoms with E-state index in [1.165, 1.54) is 54.2 Å². The summed E-state index contributed by atoms with van der Waals surface area (Å²) in [6, 6.07) is 1.21. The van der Waals surface area contributed by atoms with Gasteiger partial charge in [0.15, 0.2) is 5.13 Å². The summed E-state index contributed by atoms with van der Waals surface area (Å²) in [6.07, 6.45) is 9.11. The Balaban J connectivity index is 1.08. The maximum absolute atomic E-state index is 13.0. The molecule has 2 unspecified atom stereocenters. The molecular weight excluding hydrogens is 384 g/mol. The van der Waals surface area contributed by atoms with Crippen molar-refractivity contribution in [2.45, 2.75) is 70.0 Å². The number of thiazole rings is 1. The number of nitrogens with one attached hydrogen (secondary N) is 1. The first-order chi connectivity index (χ1) is 14.2. The highest BCUT2D eigenvalue weighted by Gasteiger charge is 2.42. The Morgan fingerprint density at radius 3 is 2.62 bits per heavy atom. The van der Waals surface area contributed by atoms with Crippen LogP contribution in [0.4, 0.5) is 5.13 Å². The van der Waals surface area contributed by atoms with Gasteiger partial charge < -0.3 is 19.9 Å². The van der Waals surface area contributed by atoms with Crippen molar-refractivity contribution >= 4 is 22.4 Å². The van der Waals surface area contributed by atoms with E-state index >= 15 is 0 Å². The molecule has 0 aromatic carbocycles. The van der Waals surface area contributed by atoms with Gasteiger partial charge in [0.1, 0.15) is 0 Å². The average molecular weight is 417 g/mol. The smallest absolute Gasteiger partial charge is 0.223 e. The van der Waals surface area contributed by atoms with Crippen LogP contribution < -0.4 is 10.2 Å². The Kier molecular flexibility index (Phi) is 4.61. The normalized spacial score (nSPS) is 31.0. The number of anilines is 1. The first-order valence-corrected chi connectivity index (χ1v) is 12.3. The highest BCUT2D eigenvalue weighted by Crippen LogP contribution is 2.45. The summed E-state index contributed by atoms with van der Waals surface area (Å²) in [5.41, 5.74) is 1.72. The summed E-state index contributed by atoms with van der Waals surface area (Å²) < 4.78 is 5.44. The van der Waals surface area contributed by atoms with Gasteiger partial charge in [0, 0.05) is 54.9 Å². The van der Waals surface area contributed by atoms with Gasteiger partial charge in [-0.1, -0.05) is 11.3 Å². The Morgan fingerprint density at radius 1 is 1.17 bits per heavy atom. The molecule has 1 N–H and O–H groups in total. The van der Waals surface area contributed by atoms with Gasteiger partial charge >= 0.3 is 0 Å². The van der Waals surface area contributed by atoms with Crippen LogP contribution in [0.25, 0.3) is 0 Å². The number of aromatic nitrogens is 1. The molecule has 0 radical (unpaired) electrons. The number of carbonyl (C=O) groups is 1. The fourth-order valence-electron chi connectivity index (χ4n) is 6.15. The highest BCUT2D eigenvalue weighted by molar-refractivity contribution is 7.15. The van der Waals surface area contributed by atoms with Crippen molar-refractivity contribution in [3.63, 3.8) is 0 Å². The second kappa shape index (κ2) is 7.20. The third-order valence-electron chi connectivity index (χ3n) is 8.12. The van der Waals surface area contributed by atoms with Crippen molar-refractivity contribution in [2.24, 2.45) is 11.3 Å². The molecule has 1 aromatic rings.